The molecule has 0 saturated carbocycles. The molecule has 1 rings (SSSR count). The Hall–Kier alpha value is -1.58. The molecule has 0 spiro atoms. The third-order valence-corrected chi connectivity index (χ3v) is 1.70. The molecule has 0 aromatic carbocycles. The Kier molecular flexibility index (Phi) is 2.28. The van der Waals surface area contributed by atoms with E-state index in [9.17, 15) is 9.59 Å². The first-order valence-corrected chi connectivity index (χ1v) is 3.52. The van der Waals surface area contributed by atoms with Crippen LogP contribution >= 0.6 is 0 Å². The molecule has 1 unspecified atom stereocenters. The smallest absolute Gasteiger partial charge is 0.312 e. The molecule has 1 aromatic rings. The first-order chi connectivity index (χ1) is 5.65. The molecule has 0 radical (unpaired) electrons. The van der Waals surface area contributed by atoms with Crippen LogP contribution in [0.4, 0.5) is 0 Å². The second-order valence-corrected chi connectivity index (χ2v) is 2.55. The van der Waals surface area contributed by atoms with E-state index >= 15 is 0 Å². The van der Waals surface area contributed by atoms with Crippen LogP contribution in [0.15, 0.2) is 12.1 Å². The molecule has 4 heteroatoms. The number of carboxylic acids is 1. The summed E-state index contributed by atoms with van der Waals surface area (Å²) in [6.07, 6.45) is 0.651. The fourth-order valence-corrected chi connectivity index (χ4v) is 0.884. The molecule has 0 fully saturated rings. The van der Waals surface area contributed by atoms with E-state index in [2.05, 4.69) is 4.98 Å². The van der Waals surface area contributed by atoms with E-state index in [1.165, 1.54) is 0 Å². The number of carbonyl (C=O) groups excluding carboxylic acids is 1. The topological polar surface area (TPSA) is 70.2 Å². The number of carboxylic acid groups (broad SMARTS) is 1. The molecule has 0 amide bonds. The molecule has 0 aliphatic carbocycles. The lowest BCUT2D eigenvalue weighted by atomic mass is 10.1. The molecule has 1 heterocycles. The Balaban J connectivity index is 2.88. The highest BCUT2D eigenvalue weighted by Gasteiger charge is 2.14. The molecule has 0 saturated heterocycles. The Labute approximate surface area is 69.2 Å². The summed E-state index contributed by atoms with van der Waals surface area (Å²) in [6, 6.07) is 3.16. The fourth-order valence-electron chi connectivity index (χ4n) is 0.884. The summed E-state index contributed by atoms with van der Waals surface area (Å²) in [5.74, 6) is -1.51. The largest absolute Gasteiger partial charge is 0.481 e. The van der Waals surface area contributed by atoms with Crippen molar-refractivity contribution in [1.29, 1.82) is 0 Å². The van der Waals surface area contributed by atoms with Gasteiger partial charge >= 0.3 is 5.97 Å². The highest BCUT2D eigenvalue weighted by atomic mass is 16.4. The van der Waals surface area contributed by atoms with Crippen LogP contribution < -0.4 is 0 Å². The minimum atomic E-state index is -0.908. The van der Waals surface area contributed by atoms with Gasteiger partial charge in [-0.05, 0) is 19.1 Å². The van der Waals surface area contributed by atoms with Crippen molar-refractivity contribution in [2.24, 2.45) is 0 Å². The molecule has 12 heavy (non-hydrogen) atoms. The van der Waals surface area contributed by atoms with Crippen molar-refractivity contribution in [3.8, 4) is 0 Å². The summed E-state index contributed by atoms with van der Waals surface area (Å²) in [7, 11) is 0. The predicted molar refractivity (Wildman–Crippen MR) is 42.2 cm³/mol. The van der Waals surface area contributed by atoms with Crippen molar-refractivity contribution in [3.63, 3.8) is 0 Å². The molecule has 64 valence electrons. The van der Waals surface area contributed by atoms with Crippen LogP contribution in [0.25, 0.3) is 0 Å². The molecule has 1 aromatic heterocycles. The van der Waals surface area contributed by atoms with Crippen LogP contribution in [0, 0.1) is 0 Å². The van der Waals surface area contributed by atoms with Gasteiger partial charge in [0.15, 0.2) is 6.29 Å². The Morgan fingerprint density at radius 3 is 2.75 bits per heavy atom. The van der Waals surface area contributed by atoms with E-state index in [4.69, 9.17) is 5.11 Å². The first kappa shape index (κ1) is 8.52. The van der Waals surface area contributed by atoms with Gasteiger partial charge in [-0.1, -0.05) is 0 Å². The van der Waals surface area contributed by atoms with Gasteiger partial charge in [-0.25, -0.2) is 0 Å². The Morgan fingerprint density at radius 1 is 1.67 bits per heavy atom. The lowest BCUT2D eigenvalue weighted by Crippen LogP contribution is -2.07. The molecule has 0 aliphatic rings. The van der Waals surface area contributed by atoms with Crippen LogP contribution in [0.3, 0.4) is 0 Å². The molecular formula is C8H9NO3. The summed E-state index contributed by atoms with van der Waals surface area (Å²) in [5, 5.41) is 8.61. The van der Waals surface area contributed by atoms with Gasteiger partial charge in [0.05, 0.1) is 11.6 Å². The van der Waals surface area contributed by atoms with Gasteiger partial charge in [-0.2, -0.15) is 0 Å². The quantitative estimate of drug-likeness (QED) is 0.660. The molecule has 4 nitrogen and oxygen atoms in total. The molecular weight excluding hydrogens is 158 g/mol. The van der Waals surface area contributed by atoms with E-state index in [0.29, 0.717) is 17.7 Å². The van der Waals surface area contributed by atoms with E-state index in [0.717, 1.165) is 0 Å². The number of nitrogens with one attached hydrogen (secondary N) is 1. The number of aromatic nitrogens is 1. The summed E-state index contributed by atoms with van der Waals surface area (Å²) in [6.45, 7) is 1.56. The van der Waals surface area contributed by atoms with Crippen molar-refractivity contribution in [1.82, 2.24) is 4.98 Å². The lowest BCUT2D eigenvalue weighted by Gasteiger charge is -2.01. The monoisotopic (exact) mass is 167 g/mol. The zero-order chi connectivity index (χ0) is 9.14. The number of hydrogen-bond acceptors (Lipinski definition) is 2. The van der Waals surface area contributed by atoms with Gasteiger partial charge < -0.3 is 10.1 Å². The van der Waals surface area contributed by atoms with Crippen molar-refractivity contribution in [2.45, 2.75) is 12.8 Å². The molecule has 0 bridgehead atoms. The lowest BCUT2D eigenvalue weighted by molar-refractivity contribution is -0.138. The average molecular weight is 167 g/mol. The van der Waals surface area contributed by atoms with Crippen molar-refractivity contribution < 1.29 is 14.7 Å². The first-order valence-electron chi connectivity index (χ1n) is 3.52. The van der Waals surface area contributed by atoms with E-state index < -0.39 is 11.9 Å². The van der Waals surface area contributed by atoms with Crippen molar-refractivity contribution in [2.75, 3.05) is 0 Å². The minimum absolute atomic E-state index is 0.401. The summed E-state index contributed by atoms with van der Waals surface area (Å²) in [4.78, 5) is 23.4. The van der Waals surface area contributed by atoms with Gasteiger partial charge in [-0.3, -0.25) is 9.59 Å². The zero-order valence-corrected chi connectivity index (χ0v) is 6.57. The van der Waals surface area contributed by atoms with Gasteiger partial charge in [0.1, 0.15) is 0 Å². The second-order valence-electron chi connectivity index (χ2n) is 2.55. The normalized spacial score (nSPS) is 12.4. The number of aromatic amines is 1. The number of aldehydes is 1. The maximum atomic E-state index is 10.5. The van der Waals surface area contributed by atoms with Gasteiger partial charge in [0.2, 0.25) is 0 Å². The second kappa shape index (κ2) is 3.21. The standard InChI is InChI=1S/C8H9NO3/c1-5(8(11)12)7-3-2-6(4-10)9-7/h2-5,9H,1H3,(H,11,12). The number of H-pyrrole nitrogens is 1. The Morgan fingerprint density at radius 2 is 2.33 bits per heavy atom. The SMILES string of the molecule is CC(C(=O)O)c1ccc(C=O)[nH]1. The van der Waals surface area contributed by atoms with Crippen molar-refractivity contribution in [3.05, 3.63) is 23.5 Å². The summed E-state index contributed by atoms with van der Waals surface area (Å²) < 4.78 is 0. The number of rotatable bonds is 3. The maximum absolute atomic E-state index is 10.5. The summed E-state index contributed by atoms with van der Waals surface area (Å²) in [5.41, 5.74) is 0.947. The number of hydrogen-bond donors (Lipinski definition) is 2. The minimum Gasteiger partial charge on any atom is -0.481 e. The van der Waals surface area contributed by atoms with Gasteiger partial charge in [0, 0.05) is 5.69 Å². The van der Waals surface area contributed by atoms with Gasteiger partial charge in [0.25, 0.3) is 0 Å². The summed E-state index contributed by atoms with van der Waals surface area (Å²) >= 11 is 0. The highest BCUT2D eigenvalue weighted by molar-refractivity contribution is 5.77. The number of aliphatic carboxylic acids is 1. The third kappa shape index (κ3) is 1.53. The van der Waals surface area contributed by atoms with Crippen LogP contribution in [0.2, 0.25) is 0 Å². The van der Waals surface area contributed by atoms with Gasteiger partial charge in [-0.15, -0.1) is 0 Å². The predicted octanol–water partition coefficient (Wildman–Crippen LogP) is 1.02. The maximum Gasteiger partial charge on any atom is 0.312 e. The van der Waals surface area contributed by atoms with Crippen LogP contribution in [0.5, 0.6) is 0 Å². The average Bonchev–Trinajstić information content (AvgIpc) is 2.50. The van der Waals surface area contributed by atoms with Crippen LogP contribution in [-0.4, -0.2) is 22.3 Å². The fraction of sp³-hybridized carbons (Fsp3) is 0.250. The van der Waals surface area contributed by atoms with E-state index in [-0.39, 0.29) is 0 Å². The van der Waals surface area contributed by atoms with E-state index in [1.807, 2.05) is 0 Å². The van der Waals surface area contributed by atoms with Crippen molar-refractivity contribution >= 4 is 12.3 Å². The zero-order valence-electron chi connectivity index (χ0n) is 6.57. The molecule has 2 N–H and O–H groups in total. The highest BCUT2D eigenvalue weighted by Crippen LogP contribution is 2.13. The van der Waals surface area contributed by atoms with E-state index in [1.54, 1.807) is 19.1 Å². The van der Waals surface area contributed by atoms with Crippen LogP contribution in [-0.2, 0) is 4.79 Å². The van der Waals surface area contributed by atoms with Crippen LogP contribution in [0.1, 0.15) is 29.0 Å². The third-order valence-electron chi connectivity index (χ3n) is 1.70. The molecule has 0 aliphatic heterocycles. The Bertz CT molecular complexity index is 303. The molecule has 1 atom stereocenters. The number of carbonyl (C=O) groups is 2.